The van der Waals surface area contributed by atoms with Crippen molar-refractivity contribution in [3.63, 3.8) is 0 Å². The summed E-state index contributed by atoms with van der Waals surface area (Å²) in [6, 6.07) is 2.04. The van der Waals surface area contributed by atoms with Gasteiger partial charge in [0.2, 0.25) is 5.89 Å². The molecule has 2 aliphatic rings. The molecule has 0 aliphatic carbocycles. The Morgan fingerprint density at radius 2 is 2.03 bits per heavy atom. The lowest BCUT2D eigenvalue weighted by molar-refractivity contribution is 0.0692. The summed E-state index contributed by atoms with van der Waals surface area (Å²) in [6.45, 7) is 8.82. The van der Waals surface area contributed by atoms with Gasteiger partial charge in [0.25, 0.3) is 11.5 Å². The van der Waals surface area contributed by atoms with E-state index in [0.29, 0.717) is 30.4 Å². The molecule has 8 heteroatoms. The molecule has 2 fully saturated rings. The second-order valence-electron chi connectivity index (χ2n) is 8.80. The first-order valence-electron chi connectivity index (χ1n) is 11.0. The number of aromatic nitrogens is 3. The first kappa shape index (κ1) is 20.8. The van der Waals surface area contributed by atoms with E-state index < -0.39 is 0 Å². The minimum Gasteiger partial charge on any atom is -0.339 e. The number of hydrogen-bond donors (Lipinski definition) is 1. The highest BCUT2D eigenvalue weighted by molar-refractivity contribution is 5.95. The number of hydrogen-bond acceptors (Lipinski definition) is 6. The lowest BCUT2D eigenvalue weighted by Gasteiger charge is -2.32. The maximum absolute atomic E-state index is 13.4. The van der Waals surface area contributed by atoms with Crippen LogP contribution in [0, 0.1) is 6.92 Å². The summed E-state index contributed by atoms with van der Waals surface area (Å²) < 4.78 is 7.23. The van der Waals surface area contributed by atoms with E-state index in [1.54, 1.807) is 9.47 Å². The second kappa shape index (κ2) is 8.71. The van der Waals surface area contributed by atoms with Crippen LogP contribution in [0.5, 0.6) is 0 Å². The van der Waals surface area contributed by atoms with Gasteiger partial charge < -0.3 is 19.3 Å². The SMILES string of the molecule is Cc1ccn(C2CCNCC2)c(=O)c1C(=O)N1CCCC(c2nc(C(C)C)no2)C1. The number of amides is 1. The number of rotatable bonds is 4. The Morgan fingerprint density at radius 1 is 1.27 bits per heavy atom. The molecule has 1 atom stereocenters. The number of piperidine rings is 2. The Balaban J connectivity index is 1.56. The highest BCUT2D eigenvalue weighted by Crippen LogP contribution is 2.28. The van der Waals surface area contributed by atoms with Gasteiger partial charge in [-0.15, -0.1) is 0 Å². The number of pyridine rings is 1. The molecular weight excluding hydrogens is 382 g/mol. The van der Waals surface area contributed by atoms with Gasteiger partial charge in [-0.25, -0.2) is 0 Å². The van der Waals surface area contributed by atoms with Crippen LogP contribution in [0.4, 0.5) is 0 Å². The summed E-state index contributed by atoms with van der Waals surface area (Å²) in [4.78, 5) is 33.0. The van der Waals surface area contributed by atoms with Gasteiger partial charge >= 0.3 is 0 Å². The maximum Gasteiger partial charge on any atom is 0.263 e. The molecule has 2 aromatic heterocycles. The molecule has 4 heterocycles. The van der Waals surface area contributed by atoms with Crippen LogP contribution in [0.2, 0.25) is 0 Å². The molecule has 1 unspecified atom stereocenters. The highest BCUT2D eigenvalue weighted by Gasteiger charge is 2.31. The molecule has 0 saturated carbocycles. The first-order valence-corrected chi connectivity index (χ1v) is 11.0. The molecule has 8 nitrogen and oxygen atoms in total. The smallest absolute Gasteiger partial charge is 0.263 e. The van der Waals surface area contributed by atoms with Crippen LogP contribution in [0.3, 0.4) is 0 Å². The van der Waals surface area contributed by atoms with Crippen molar-refractivity contribution in [3.8, 4) is 0 Å². The molecule has 2 saturated heterocycles. The molecule has 162 valence electrons. The van der Waals surface area contributed by atoms with Gasteiger partial charge in [-0.2, -0.15) is 4.98 Å². The largest absolute Gasteiger partial charge is 0.339 e. The topological polar surface area (TPSA) is 93.3 Å². The van der Waals surface area contributed by atoms with Crippen LogP contribution >= 0.6 is 0 Å². The van der Waals surface area contributed by atoms with E-state index in [1.165, 1.54) is 0 Å². The highest BCUT2D eigenvalue weighted by atomic mass is 16.5. The van der Waals surface area contributed by atoms with Crippen molar-refractivity contribution in [3.05, 3.63) is 45.5 Å². The average Bonchev–Trinajstić information content (AvgIpc) is 3.25. The van der Waals surface area contributed by atoms with Gasteiger partial charge in [0, 0.05) is 31.2 Å². The summed E-state index contributed by atoms with van der Waals surface area (Å²) in [7, 11) is 0. The summed E-state index contributed by atoms with van der Waals surface area (Å²) >= 11 is 0. The maximum atomic E-state index is 13.4. The van der Waals surface area contributed by atoms with E-state index in [2.05, 4.69) is 15.5 Å². The van der Waals surface area contributed by atoms with Crippen LogP contribution in [0.1, 0.15) is 85.0 Å². The number of nitrogens with one attached hydrogen (secondary N) is 1. The Bertz CT molecular complexity index is 958. The fraction of sp³-hybridized carbons (Fsp3) is 0.636. The molecule has 0 spiro atoms. The van der Waals surface area contributed by atoms with Crippen molar-refractivity contribution < 1.29 is 9.32 Å². The minimum atomic E-state index is -0.186. The summed E-state index contributed by atoms with van der Waals surface area (Å²) in [6.07, 6.45) is 5.39. The van der Waals surface area contributed by atoms with E-state index >= 15 is 0 Å². The Hall–Kier alpha value is -2.48. The molecule has 2 aliphatic heterocycles. The Morgan fingerprint density at radius 3 is 2.73 bits per heavy atom. The summed E-state index contributed by atoms with van der Waals surface area (Å²) in [5.74, 6) is 1.31. The average molecular weight is 414 g/mol. The van der Waals surface area contributed by atoms with E-state index in [0.717, 1.165) is 44.3 Å². The molecule has 2 aromatic rings. The van der Waals surface area contributed by atoms with Crippen molar-refractivity contribution in [2.45, 2.75) is 64.3 Å². The summed E-state index contributed by atoms with van der Waals surface area (Å²) in [5.41, 5.74) is 0.858. The predicted octanol–water partition coefficient (Wildman–Crippen LogP) is 2.61. The van der Waals surface area contributed by atoms with Gasteiger partial charge in [0.15, 0.2) is 5.82 Å². The van der Waals surface area contributed by atoms with E-state index in [4.69, 9.17) is 4.52 Å². The molecule has 1 amide bonds. The molecule has 0 radical (unpaired) electrons. The minimum absolute atomic E-state index is 0.0124. The molecule has 30 heavy (non-hydrogen) atoms. The summed E-state index contributed by atoms with van der Waals surface area (Å²) in [5, 5.41) is 7.39. The fourth-order valence-electron chi connectivity index (χ4n) is 4.44. The van der Waals surface area contributed by atoms with Crippen molar-refractivity contribution in [2.75, 3.05) is 26.2 Å². The van der Waals surface area contributed by atoms with E-state index in [1.807, 2.05) is 33.0 Å². The molecular formula is C22H31N5O3. The quantitative estimate of drug-likeness (QED) is 0.828. The predicted molar refractivity (Wildman–Crippen MR) is 113 cm³/mol. The monoisotopic (exact) mass is 413 g/mol. The van der Waals surface area contributed by atoms with Crippen LogP contribution < -0.4 is 10.9 Å². The zero-order chi connectivity index (χ0) is 21.3. The van der Waals surface area contributed by atoms with Crippen LogP contribution in [0.15, 0.2) is 21.6 Å². The second-order valence-corrected chi connectivity index (χ2v) is 8.80. The van der Waals surface area contributed by atoms with Gasteiger partial charge in [-0.1, -0.05) is 19.0 Å². The lowest BCUT2D eigenvalue weighted by atomic mass is 9.96. The number of carbonyl (C=O) groups is 1. The number of nitrogens with zero attached hydrogens (tertiary/aromatic N) is 4. The zero-order valence-corrected chi connectivity index (χ0v) is 18.1. The zero-order valence-electron chi connectivity index (χ0n) is 18.1. The van der Waals surface area contributed by atoms with Crippen molar-refractivity contribution in [2.24, 2.45) is 0 Å². The molecule has 0 bridgehead atoms. The van der Waals surface area contributed by atoms with Crippen LogP contribution in [-0.4, -0.2) is 51.7 Å². The Labute approximate surface area is 176 Å². The van der Waals surface area contributed by atoms with Gasteiger partial charge in [0.1, 0.15) is 5.56 Å². The third-order valence-electron chi connectivity index (χ3n) is 6.28. The van der Waals surface area contributed by atoms with Crippen molar-refractivity contribution in [1.82, 2.24) is 24.9 Å². The molecule has 0 aromatic carbocycles. The fourth-order valence-corrected chi connectivity index (χ4v) is 4.44. The normalized spacial score (nSPS) is 20.7. The lowest BCUT2D eigenvalue weighted by Crippen LogP contribution is -2.43. The third-order valence-corrected chi connectivity index (χ3v) is 6.28. The molecule has 4 rings (SSSR count). The van der Waals surface area contributed by atoms with Gasteiger partial charge in [-0.3, -0.25) is 9.59 Å². The Kier molecular flexibility index (Phi) is 6.04. The van der Waals surface area contributed by atoms with Crippen LogP contribution in [0.25, 0.3) is 0 Å². The van der Waals surface area contributed by atoms with Gasteiger partial charge in [0.05, 0.1) is 5.92 Å². The number of aryl methyl sites for hydroxylation is 1. The third kappa shape index (κ3) is 4.05. The number of carbonyl (C=O) groups excluding carboxylic acids is 1. The van der Waals surface area contributed by atoms with E-state index in [9.17, 15) is 9.59 Å². The molecule has 1 N–H and O–H groups in total. The van der Waals surface area contributed by atoms with E-state index in [-0.39, 0.29) is 29.3 Å². The first-order chi connectivity index (χ1) is 14.5. The van der Waals surface area contributed by atoms with Crippen molar-refractivity contribution in [1.29, 1.82) is 0 Å². The van der Waals surface area contributed by atoms with Crippen molar-refractivity contribution >= 4 is 5.91 Å². The van der Waals surface area contributed by atoms with Crippen LogP contribution in [-0.2, 0) is 0 Å². The number of likely N-dealkylation sites (tertiary alicyclic amines) is 1. The standard InChI is InChI=1S/C22H31N5O3/c1-14(2)19-24-20(30-25-19)16-5-4-11-26(13-16)21(28)18-15(3)8-12-27(22(18)29)17-6-9-23-10-7-17/h8,12,14,16-17,23H,4-7,9-11,13H2,1-3H3. The van der Waals surface area contributed by atoms with Gasteiger partial charge in [-0.05, 0) is 57.3 Å².